The van der Waals surface area contributed by atoms with Crippen LogP contribution >= 0.6 is 21.6 Å². The maximum absolute atomic E-state index is 14.4. The van der Waals surface area contributed by atoms with Crippen LogP contribution in [0.1, 0.15) is 71.6 Å². The van der Waals surface area contributed by atoms with Crippen LogP contribution in [0.15, 0.2) is 35.5 Å². The van der Waals surface area contributed by atoms with Crippen molar-refractivity contribution < 1.29 is 33.7 Å². The van der Waals surface area contributed by atoms with E-state index in [0.717, 1.165) is 31.6 Å². The summed E-state index contributed by atoms with van der Waals surface area (Å²) in [6, 6.07) is 0.445. The predicted octanol–water partition coefficient (Wildman–Crippen LogP) is 3.47. The normalized spacial score (nSPS) is 45.8. The predicted molar refractivity (Wildman–Crippen MR) is 201 cm³/mol. The monoisotopic (exact) mass is 756 g/mol. The molecule has 52 heavy (non-hydrogen) atoms. The van der Waals surface area contributed by atoms with Gasteiger partial charge in [-0.3, -0.25) is 9.59 Å². The standard InChI is InChI=1S/C39H56N4O7S2/c1-4-21(10-12-44)37(47)50-38(2)11-9-23-20-51-52-31-7-6-28(41-3)27-19-43(36(27)31)33(45)14-25-18-42-32(40)15-26(25)35(23)39(38)17-24-13-22-5-8-34(46)48-29(22)16-30(24)49-39/h4,6-7,9,22,24-32,35-36,41-42,44H,5,8,10-20,40H2,1-3H3/t22?,24?,25?,26?,27-,28+,29?,30?,31-,32?,35-,36+,38-,39-/m0/s1. The van der Waals surface area contributed by atoms with Crippen molar-refractivity contribution in [1.29, 1.82) is 0 Å². The van der Waals surface area contributed by atoms with Gasteiger partial charge in [-0.15, -0.1) is 0 Å². The number of ether oxygens (including phenoxy) is 3. The molecule has 11 nitrogen and oxygen atoms in total. The van der Waals surface area contributed by atoms with Crippen LogP contribution in [0.2, 0.25) is 0 Å². The van der Waals surface area contributed by atoms with Crippen LogP contribution in [-0.4, -0.2) is 107 Å². The van der Waals surface area contributed by atoms with E-state index in [1.54, 1.807) is 13.0 Å². The maximum Gasteiger partial charge on any atom is 0.334 e. The fourth-order valence-corrected chi connectivity index (χ4v) is 14.3. The van der Waals surface area contributed by atoms with Gasteiger partial charge in [0.05, 0.1) is 23.6 Å². The summed E-state index contributed by atoms with van der Waals surface area (Å²) in [5.74, 6) is 1.24. The molecule has 8 aliphatic rings. The molecule has 3 aliphatic carbocycles. The van der Waals surface area contributed by atoms with Crippen LogP contribution in [0.3, 0.4) is 0 Å². The number of aliphatic hydroxyl groups is 1. The number of rotatable bonds is 5. The molecule has 0 bridgehead atoms. The third-order valence-corrected chi connectivity index (χ3v) is 16.8. The van der Waals surface area contributed by atoms with Gasteiger partial charge in [0.25, 0.3) is 0 Å². The molecule has 5 N–H and O–H groups in total. The summed E-state index contributed by atoms with van der Waals surface area (Å²) in [6.45, 7) is 5.10. The molecule has 1 amide bonds. The second kappa shape index (κ2) is 14.7. The molecule has 5 aliphatic heterocycles. The van der Waals surface area contributed by atoms with E-state index in [-0.39, 0.29) is 84.3 Å². The molecule has 6 fully saturated rings. The number of piperidine rings is 1. The van der Waals surface area contributed by atoms with Crippen molar-refractivity contribution in [2.24, 2.45) is 41.2 Å². The Hall–Kier alpha value is -1.87. The van der Waals surface area contributed by atoms with Crippen molar-refractivity contribution in [2.45, 2.75) is 119 Å². The molecule has 1 saturated carbocycles. The minimum Gasteiger partial charge on any atom is -0.462 e. The average Bonchev–Trinajstić information content (AvgIpc) is 3.47. The fraction of sp³-hybridized carbons (Fsp3) is 0.769. The van der Waals surface area contributed by atoms with Gasteiger partial charge in [0.1, 0.15) is 17.3 Å². The topological polar surface area (TPSA) is 152 Å². The van der Waals surface area contributed by atoms with Crippen LogP contribution in [0, 0.1) is 35.5 Å². The van der Waals surface area contributed by atoms with Gasteiger partial charge in [-0.05, 0) is 70.3 Å². The lowest BCUT2D eigenvalue weighted by molar-refractivity contribution is -0.229. The van der Waals surface area contributed by atoms with Gasteiger partial charge < -0.3 is 40.6 Å². The molecule has 7 unspecified atom stereocenters. The number of nitrogens with one attached hydrogen (secondary N) is 2. The number of likely N-dealkylation sites (N-methyl/N-ethyl adjacent to an activating group) is 1. The molecular weight excluding hydrogens is 701 g/mol. The molecule has 5 heterocycles. The van der Waals surface area contributed by atoms with Crippen molar-refractivity contribution in [1.82, 2.24) is 15.5 Å². The zero-order chi connectivity index (χ0) is 36.4. The number of nitrogens with zero attached hydrogens (tertiary/aromatic N) is 1. The van der Waals surface area contributed by atoms with Gasteiger partial charge >= 0.3 is 11.9 Å². The Morgan fingerprint density at radius 3 is 2.83 bits per heavy atom. The molecule has 14 atom stereocenters. The summed E-state index contributed by atoms with van der Waals surface area (Å²) in [5, 5.41) is 16.9. The summed E-state index contributed by atoms with van der Waals surface area (Å²) in [6.07, 6.45) is 13.4. The van der Waals surface area contributed by atoms with Crippen LogP contribution in [0.5, 0.6) is 0 Å². The van der Waals surface area contributed by atoms with Crippen molar-refractivity contribution in [2.75, 3.05) is 32.5 Å². The Balaban J connectivity index is 1.20. The lowest BCUT2D eigenvalue weighted by atomic mass is 9.56. The van der Waals surface area contributed by atoms with Gasteiger partial charge in [-0.1, -0.05) is 51.5 Å². The molecule has 5 saturated heterocycles. The average molecular weight is 757 g/mol. The van der Waals surface area contributed by atoms with Crippen molar-refractivity contribution >= 4 is 39.4 Å². The third kappa shape index (κ3) is 6.31. The summed E-state index contributed by atoms with van der Waals surface area (Å²) in [7, 11) is 5.73. The number of carbonyl (C=O) groups excluding carboxylic acids is 3. The first kappa shape index (κ1) is 37.1. The van der Waals surface area contributed by atoms with E-state index < -0.39 is 17.2 Å². The molecule has 1 spiro atoms. The molecule has 0 aromatic carbocycles. The van der Waals surface area contributed by atoms with Crippen LogP contribution in [0.4, 0.5) is 0 Å². The van der Waals surface area contributed by atoms with Crippen molar-refractivity contribution in [3.8, 4) is 0 Å². The van der Waals surface area contributed by atoms with E-state index in [2.05, 4.69) is 33.8 Å². The van der Waals surface area contributed by atoms with Crippen molar-refractivity contribution in [3.63, 3.8) is 0 Å². The van der Waals surface area contributed by atoms with Crippen LogP contribution in [-0.2, 0) is 28.6 Å². The largest absolute Gasteiger partial charge is 0.462 e. The summed E-state index contributed by atoms with van der Waals surface area (Å²) < 4.78 is 20.2. The number of carbonyl (C=O) groups is 3. The second-order valence-electron chi connectivity index (χ2n) is 16.8. The summed E-state index contributed by atoms with van der Waals surface area (Å²) >= 11 is 0. The van der Waals surface area contributed by atoms with Gasteiger partial charge in [-0.2, -0.15) is 0 Å². The number of fused-ring (bicyclic) bond motifs is 6. The number of hydrogen-bond donors (Lipinski definition) is 4. The Morgan fingerprint density at radius 2 is 2.04 bits per heavy atom. The molecular formula is C39H56N4O7S2. The molecule has 0 radical (unpaired) electrons. The number of esters is 2. The third-order valence-electron chi connectivity index (χ3n) is 14.1. The first-order chi connectivity index (χ1) is 25.1. The minimum absolute atomic E-state index is 0.0119. The van der Waals surface area contributed by atoms with E-state index in [4.69, 9.17) is 19.9 Å². The zero-order valence-electron chi connectivity index (χ0n) is 30.7. The van der Waals surface area contributed by atoms with Gasteiger partial charge in [0, 0.05) is 81.0 Å². The first-order valence-electron chi connectivity index (χ1n) is 19.6. The number of amides is 1. The lowest BCUT2D eigenvalue weighted by Gasteiger charge is -2.58. The smallest absolute Gasteiger partial charge is 0.334 e. The number of hydrogen-bond acceptors (Lipinski definition) is 12. The maximum atomic E-state index is 14.4. The van der Waals surface area contributed by atoms with E-state index >= 15 is 0 Å². The molecule has 8 rings (SSSR count). The van der Waals surface area contributed by atoms with Gasteiger partial charge in [-0.25, -0.2) is 4.79 Å². The molecule has 13 heteroatoms. The Morgan fingerprint density at radius 1 is 1.19 bits per heavy atom. The minimum atomic E-state index is -1.02. The summed E-state index contributed by atoms with van der Waals surface area (Å²) in [4.78, 5) is 42.9. The highest BCUT2D eigenvalue weighted by atomic mass is 33.1. The van der Waals surface area contributed by atoms with Crippen molar-refractivity contribution in [3.05, 3.63) is 35.5 Å². The summed E-state index contributed by atoms with van der Waals surface area (Å²) in [5.41, 5.74) is 6.58. The molecule has 286 valence electrons. The number of nitrogens with two attached hydrogens (primary N) is 1. The highest BCUT2D eigenvalue weighted by Crippen LogP contribution is 2.62. The Kier molecular flexibility index (Phi) is 10.4. The van der Waals surface area contributed by atoms with Gasteiger partial charge in [0.15, 0.2) is 0 Å². The fourth-order valence-electron chi connectivity index (χ4n) is 11.4. The second-order valence-corrected chi connectivity index (χ2v) is 19.3. The van der Waals surface area contributed by atoms with Crippen LogP contribution in [0.25, 0.3) is 0 Å². The Bertz CT molecular complexity index is 1520. The number of allylic oxidation sites excluding steroid dienone is 1. The van der Waals surface area contributed by atoms with Gasteiger partial charge in [0.2, 0.25) is 5.91 Å². The molecule has 0 aromatic heterocycles. The lowest BCUT2D eigenvalue weighted by Crippen LogP contribution is -2.69. The Labute approximate surface area is 315 Å². The molecule has 0 aromatic rings. The van der Waals surface area contributed by atoms with E-state index in [1.165, 1.54) is 5.57 Å². The SMILES string of the molecule is CC=C(CCO)C(=O)O[C@@]1(C)CC=C2CSS[C@H]3C=C[C@@H](NC)[C@@H]4CN(C(=O)CC5CNC(N)CC5[C@H]2[C@@]12CC1CC5CCC(=O)OC5CC1O2)[C@H]43. The highest BCUT2D eigenvalue weighted by Gasteiger charge is 2.68. The first-order valence-corrected chi connectivity index (χ1v) is 21.9. The number of aliphatic hydroxyl groups excluding tert-OH is 1. The van der Waals surface area contributed by atoms with Crippen LogP contribution < -0.4 is 16.4 Å². The quantitative estimate of drug-likeness (QED) is 0.141. The highest BCUT2D eigenvalue weighted by molar-refractivity contribution is 8.77. The zero-order valence-corrected chi connectivity index (χ0v) is 32.3. The van der Waals surface area contributed by atoms with E-state index in [1.807, 2.05) is 35.6 Å². The van der Waals surface area contributed by atoms with E-state index in [0.29, 0.717) is 56.1 Å². The van der Waals surface area contributed by atoms with E-state index in [9.17, 15) is 19.5 Å².